The minimum absolute atomic E-state index is 0.0300. The molecule has 146 valence electrons. The third-order valence-electron chi connectivity index (χ3n) is 3.98. The fourth-order valence-corrected chi connectivity index (χ4v) is 3.80. The smallest absolute Gasteiger partial charge is 0.244 e. The Kier molecular flexibility index (Phi) is 6.56. The summed E-state index contributed by atoms with van der Waals surface area (Å²) in [7, 11) is -2.62. The number of anilines is 1. The Bertz CT molecular complexity index is 912. The van der Waals surface area contributed by atoms with Crippen LogP contribution in [0.3, 0.4) is 0 Å². The van der Waals surface area contributed by atoms with Crippen LogP contribution >= 0.6 is 0 Å². The molecule has 2 aromatic carbocycles. The number of ether oxygens (including phenoxy) is 1. The summed E-state index contributed by atoms with van der Waals surface area (Å²) in [6, 6.07) is 9.07. The molecule has 1 atom stereocenters. The van der Waals surface area contributed by atoms with Crippen LogP contribution in [-0.2, 0) is 14.8 Å². The van der Waals surface area contributed by atoms with Crippen molar-refractivity contribution in [2.24, 2.45) is 0 Å². The van der Waals surface area contributed by atoms with E-state index in [1.165, 1.54) is 44.4 Å². The number of benzene rings is 2. The number of rotatable bonds is 7. The molecule has 27 heavy (non-hydrogen) atoms. The van der Waals surface area contributed by atoms with Crippen LogP contribution in [0.25, 0.3) is 0 Å². The first kappa shape index (κ1) is 20.9. The highest BCUT2D eigenvalue weighted by molar-refractivity contribution is 7.89. The van der Waals surface area contributed by atoms with Crippen molar-refractivity contribution in [3.8, 4) is 5.75 Å². The van der Waals surface area contributed by atoms with Gasteiger partial charge in [-0.05, 0) is 54.8 Å². The Morgan fingerprint density at radius 1 is 1.07 bits per heavy atom. The molecule has 0 spiro atoms. The van der Waals surface area contributed by atoms with Gasteiger partial charge in [0, 0.05) is 5.69 Å². The molecule has 2 aromatic rings. The van der Waals surface area contributed by atoms with Gasteiger partial charge in [0.05, 0.1) is 13.2 Å². The molecule has 2 rings (SSSR count). The number of hydrogen-bond donors (Lipinski definition) is 2. The molecule has 0 bridgehead atoms. The Morgan fingerprint density at radius 2 is 1.70 bits per heavy atom. The van der Waals surface area contributed by atoms with E-state index in [1.807, 2.05) is 13.8 Å². The van der Waals surface area contributed by atoms with Gasteiger partial charge in [-0.3, -0.25) is 4.79 Å². The van der Waals surface area contributed by atoms with E-state index in [-0.39, 0.29) is 16.6 Å². The summed E-state index contributed by atoms with van der Waals surface area (Å²) in [6.45, 7) is 5.32. The number of nitrogens with one attached hydrogen (secondary N) is 2. The highest BCUT2D eigenvalue weighted by Crippen LogP contribution is 2.28. The van der Waals surface area contributed by atoms with Crippen LogP contribution < -0.4 is 14.8 Å². The molecule has 0 saturated carbocycles. The monoisotopic (exact) mass is 394 g/mol. The normalized spacial score (nSPS) is 12.7. The first-order valence-corrected chi connectivity index (χ1v) is 9.89. The first-order chi connectivity index (χ1) is 12.6. The van der Waals surface area contributed by atoms with Crippen LogP contribution in [0, 0.1) is 5.82 Å². The minimum atomic E-state index is -4.00. The van der Waals surface area contributed by atoms with Crippen molar-refractivity contribution in [3.05, 3.63) is 53.8 Å². The Hall–Kier alpha value is -2.45. The molecule has 0 aromatic heterocycles. The second kappa shape index (κ2) is 8.49. The number of carbonyl (C=O) groups excluding carboxylic acids is 1. The molecule has 8 heteroatoms. The summed E-state index contributed by atoms with van der Waals surface area (Å²) >= 11 is 0. The summed E-state index contributed by atoms with van der Waals surface area (Å²) in [5, 5.41) is 2.54. The molecule has 0 aliphatic carbocycles. The van der Waals surface area contributed by atoms with Crippen LogP contribution in [0.1, 0.15) is 32.3 Å². The van der Waals surface area contributed by atoms with Crippen molar-refractivity contribution in [1.29, 1.82) is 0 Å². The van der Waals surface area contributed by atoms with E-state index in [0.29, 0.717) is 5.69 Å². The zero-order valence-electron chi connectivity index (χ0n) is 15.6. The van der Waals surface area contributed by atoms with Gasteiger partial charge in [0.15, 0.2) is 0 Å². The molecular weight excluding hydrogens is 371 g/mol. The van der Waals surface area contributed by atoms with Gasteiger partial charge in [-0.2, -0.15) is 4.72 Å². The second-order valence-corrected chi connectivity index (χ2v) is 8.09. The lowest BCUT2D eigenvalue weighted by molar-refractivity contribution is -0.117. The standard InChI is InChI=1S/C19H23FN2O4S/c1-12(2)14-5-10-17(26-4)18(11-14)27(24,25)22-13(3)19(23)21-16-8-6-15(20)7-9-16/h5-13,22H,1-4H3,(H,21,23). The van der Waals surface area contributed by atoms with Crippen LogP contribution in [0.5, 0.6) is 5.75 Å². The van der Waals surface area contributed by atoms with Crippen molar-refractivity contribution in [2.45, 2.75) is 37.6 Å². The number of amides is 1. The third-order valence-corrected chi connectivity index (χ3v) is 5.54. The van der Waals surface area contributed by atoms with Gasteiger partial charge in [0.1, 0.15) is 16.5 Å². The summed E-state index contributed by atoms with van der Waals surface area (Å²) in [6.07, 6.45) is 0. The van der Waals surface area contributed by atoms with E-state index in [9.17, 15) is 17.6 Å². The van der Waals surface area contributed by atoms with Crippen molar-refractivity contribution < 1.29 is 22.3 Å². The number of hydrogen-bond acceptors (Lipinski definition) is 4. The van der Waals surface area contributed by atoms with Crippen molar-refractivity contribution >= 4 is 21.6 Å². The summed E-state index contributed by atoms with van der Waals surface area (Å²) in [5.74, 6) is -0.676. The lowest BCUT2D eigenvalue weighted by atomic mass is 10.0. The maximum atomic E-state index is 12.9. The SMILES string of the molecule is COc1ccc(C(C)C)cc1S(=O)(=O)NC(C)C(=O)Nc1ccc(F)cc1. The van der Waals surface area contributed by atoms with Gasteiger partial charge in [0.25, 0.3) is 0 Å². The maximum absolute atomic E-state index is 12.9. The van der Waals surface area contributed by atoms with Gasteiger partial charge >= 0.3 is 0 Å². The molecule has 6 nitrogen and oxygen atoms in total. The van der Waals surface area contributed by atoms with E-state index >= 15 is 0 Å². The largest absolute Gasteiger partial charge is 0.495 e. The van der Waals surface area contributed by atoms with Gasteiger partial charge in [-0.25, -0.2) is 12.8 Å². The van der Waals surface area contributed by atoms with Crippen molar-refractivity contribution in [1.82, 2.24) is 4.72 Å². The van der Waals surface area contributed by atoms with Gasteiger partial charge in [-0.15, -0.1) is 0 Å². The average molecular weight is 394 g/mol. The van der Waals surface area contributed by atoms with Gasteiger partial charge < -0.3 is 10.1 Å². The van der Waals surface area contributed by atoms with Gasteiger partial charge in [-0.1, -0.05) is 19.9 Å². The molecule has 0 aliphatic heterocycles. The Labute approximate surface area is 158 Å². The molecule has 0 heterocycles. The van der Waals surface area contributed by atoms with Crippen LogP contribution in [0.2, 0.25) is 0 Å². The summed E-state index contributed by atoms with van der Waals surface area (Å²) in [5.41, 5.74) is 1.20. The molecule has 1 amide bonds. The van der Waals surface area contributed by atoms with E-state index < -0.39 is 27.8 Å². The Balaban J connectivity index is 2.20. The molecule has 0 aliphatic rings. The zero-order valence-corrected chi connectivity index (χ0v) is 16.4. The van der Waals surface area contributed by atoms with Crippen molar-refractivity contribution in [3.63, 3.8) is 0 Å². The lowest BCUT2D eigenvalue weighted by Crippen LogP contribution is -2.41. The van der Waals surface area contributed by atoms with Crippen LogP contribution in [-0.4, -0.2) is 27.5 Å². The fraction of sp³-hybridized carbons (Fsp3) is 0.316. The molecular formula is C19H23FN2O4S. The van der Waals surface area contributed by atoms with Crippen LogP contribution in [0.15, 0.2) is 47.4 Å². The van der Waals surface area contributed by atoms with E-state index in [1.54, 1.807) is 12.1 Å². The third kappa shape index (κ3) is 5.27. The Morgan fingerprint density at radius 3 is 2.26 bits per heavy atom. The molecule has 0 saturated heterocycles. The highest BCUT2D eigenvalue weighted by atomic mass is 32.2. The first-order valence-electron chi connectivity index (χ1n) is 8.40. The van der Waals surface area contributed by atoms with E-state index in [0.717, 1.165) is 5.56 Å². The maximum Gasteiger partial charge on any atom is 0.244 e. The summed E-state index contributed by atoms with van der Waals surface area (Å²) < 4.78 is 46.0. The zero-order chi connectivity index (χ0) is 20.2. The van der Waals surface area contributed by atoms with E-state index in [4.69, 9.17) is 4.74 Å². The topological polar surface area (TPSA) is 84.5 Å². The molecule has 1 unspecified atom stereocenters. The minimum Gasteiger partial charge on any atom is -0.495 e. The van der Waals surface area contributed by atoms with Gasteiger partial charge in [0.2, 0.25) is 15.9 Å². The predicted molar refractivity (Wildman–Crippen MR) is 102 cm³/mol. The molecule has 0 fully saturated rings. The van der Waals surface area contributed by atoms with Crippen LogP contribution in [0.4, 0.5) is 10.1 Å². The molecule has 2 N–H and O–H groups in total. The molecule has 0 radical (unpaired) electrons. The second-order valence-electron chi connectivity index (χ2n) is 6.40. The highest BCUT2D eigenvalue weighted by Gasteiger charge is 2.25. The summed E-state index contributed by atoms with van der Waals surface area (Å²) in [4.78, 5) is 12.2. The predicted octanol–water partition coefficient (Wildman–Crippen LogP) is 3.26. The number of carbonyl (C=O) groups is 1. The van der Waals surface area contributed by atoms with E-state index in [2.05, 4.69) is 10.0 Å². The lowest BCUT2D eigenvalue weighted by Gasteiger charge is -2.17. The average Bonchev–Trinajstić information content (AvgIpc) is 2.62. The van der Waals surface area contributed by atoms with Crippen molar-refractivity contribution in [2.75, 3.05) is 12.4 Å². The number of halogens is 1. The number of methoxy groups -OCH3 is 1. The quantitative estimate of drug-likeness (QED) is 0.755. The fourth-order valence-electron chi connectivity index (χ4n) is 2.40. The number of sulfonamides is 1.